The number of thioether (sulfide) groups is 1. The maximum atomic E-state index is 12.9. The van der Waals surface area contributed by atoms with Gasteiger partial charge < -0.3 is 15.2 Å². The van der Waals surface area contributed by atoms with Crippen LogP contribution in [0.15, 0.2) is 22.4 Å². The lowest BCUT2D eigenvalue weighted by atomic mass is 10.2. The summed E-state index contributed by atoms with van der Waals surface area (Å²) >= 11 is 1.38. The molecule has 0 bridgehead atoms. The average Bonchev–Trinajstić information content (AvgIpc) is 3.09. The Morgan fingerprint density at radius 1 is 1.38 bits per heavy atom. The van der Waals surface area contributed by atoms with Crippen LogP contribution in [0.5, 0.6) is 0 Å². The Hall–Kier alpha value is -1.97. The van der Waals surface area contributed by atoms with Gasteiger partial charge in [0.1, 0.15) is 10.9 Å². The fourth-order valence-electron chi connectivity index (χ4n) is 2.75. The van der Waals surface area contributed by atoms with Gasteiger partial charge in [0.05, 0.1) is 6.54 Å². The average molecular weight is 358 g/mol. The SMILES string of the molecule is CCCC1=C/C(=C(/N)N2CCn3c(nnc3C(F)(F)F)C2)C(=N)S1. The number of aromatic nitrogens is 3. The second-order valence-corrected chi connectivity index (χ2v) is 6.74. The van der Waals surface area contributed by atoms with E-state index in [1.165, 1.54) is 11.8 Å². The summed E-state index contributed by atoms with van der Waals surface area (Å²) < 4.78 is 39.7. The Morgan fingerprint density at radius 2 is 2.12 bits per heavy atom. The molecule has 0 spiro atoms. The van der Waals surface area contributed by atoms with Gasteiger partial charge in [-0.1, -0.05) is 25.1 Å². The molecule has 0 radical (unpaired) electrons. The van der Waals surface area contributed by atoms with E-state index in [1.54, 1.807) is 4.90 Å². The second kappa shape index (κ2) is 6.15. The zero-order chi connectivity index (χ0) is 17.5. The number of nitrogens with zero attached hydrogens (tertiary/aromatic N) is 4. The summed E-state index contributed by atoms with van der Waals surface area (Å²) in [6.45, 7) is 2.63. The molecule has 0 fully saturated rings. The van der Waals surface area contributed by atoms with Gasteiger partial charge in [0, 0.05) is 18.7 Å². The van der Waals surface area contributed by atoms with E-state index in [0.29, 0.717) is 23.0 Å². The maximum Gasteiger partial charge on any atom is 0.451 e. The van der Waals surface area contributed by atoms with E-state index in [-0.39, 0.29) is 18.9 Å². The Balaban J connectivity index is 1.84. The van der Waals surface area contributed by atoms with E-state index in [2.05, 4.69) is 17.1 Å². The van der Waals surface area contributed by atoms with Gasteiger partial charge in [-0.2, -0.15) is 13.2 Å². The highest BCUT2D eigenvalue weighted by atomic mass is 32.2. The fraction of sp³-hybridized carbons (Fsp3) is 0.500. The number of nitrogens with one attached hydrogen (secondary N) is 1. The van der Waals surface area contributed by atoms with Crippen LogP contribution >= 0.6 is 11.8 Å². The van der Waals surface area contributed by atoms with Gasteiger partial charge in [-0.25, -0.2) is 0 Å². The molecule has 24 heavy (non-hydrogen) atoms. The van der Waals surface area contributed by atoms with Gasteiger partial charge in [0.15, 0.2) is 5.82 Å². The van der Waals surface area contributed by atoms with Crippen molar-refractivity contribution in [3.8, 4) is 0 Å². The molecule has 1 aromatic heterocycles. The fourth-order valence-corrected chi connectivity index (χ4v) is 3.76. The lowest BCUT2D eigenvalue weighted by Crippen LogP contribution is -2.38. The molecule has 0 saturated heterocycles. The molecule has 3 N–H and O–H groups in total. The molecule has 1 aromatic rings. The van der Waals surface area contributed by atoms with Gasteiger partial charge in [-0.15, -0.1) is 10.2 Å². The molecule has 0 aliphatic carbocycles. The van der Waals surface area contributed by atoms with Gasteiger partial charge in [-0.3, -0.25) is 5.41 Å². The van der Waals surface area contributed by atoms with E-state index in [4.69, 9.17) is 11.1 Å². The predicted molar refractivity (Wildman–Crippen MR) is 85.0 cm³/mol. The Kier molecular flexibility index (Phi) is 4.33. The number of nitrogens with two attached hydrogens (primary N) is 1. The van der Waals surface area contributed by atoms with Crippen molar-refractivity contribution in [2.75, 3.05) is 6.54 Å². The molecule has 2 aliphatic rings. The largest absolute Gasteiger partial charge is 0.451 e. The van der Waals surface area contributed by atoms with Gasteiger partial charge in [0.25, 0.3) is 0 Å². The summed E-state index contributed by atoms with van der Waals surface area (Å²) in [4.78, 5) is 2.83. The first-order valence-electron chi connectivity index (χ1n) is 7.52. The van der Waals surface area contributed by atoms with Crippen molar-refractivity contribution < 1.29 is 13.2 Å². The van der Waals surface area contributed by atoms with Crippen LogP contribution < -0.4 is 5.73 Å². The van der Waals surface area contributed by atoms with E-state index in [9.17, 15) is 13.2 Å². The summed E-state index contributed by atoms with van der Waals surface area (Å²) in [5.41, 5.74) is 6.81. The van der Waals surface area contributed by atoms with Gasteiger partial charge in [0.2, 0.25) is 5.82 Å². The van der Waals surface area contributed by atoms with Crippen LogP contribution in [0, 0.1) is 5.41 Å². The monoisotopic (exact) mass is 358 g/mol. The molecule has 0 aromatic carbocycles. The Morgan fingerprint density at radius 3 is 2.79 bits per heavy atom. The van der Waals surface area contributed by atoms with Crippen LogP contribution in [0.25, 0.3) is 0 Å². The van der Waals surface area contributed by atoms with Crippen molar-refractivity contribution in [1.29, 1.82) is 5.41 Å². The zero-order valence-electron chi connectivity index (χ0n) is 13.0. The highest BCUT2D eigenvalue weighted by molar-refractivity contribution is 8.18. The number of alkyl halides is 3. The van der Waals surface area contributed by atoms with Crippen molar-refractivity contribution in [2.45, 2.75) is 39.0 Å². The first-order chi connectivity index (χ1) is 11.3. The van der Waals surface area contributed by atoms with E-state index < -0.39 is 12.0 Å². The van der Waals surface area contributed by atoms with Gasteiger partial charge >= 0.3 is 6.18 Å². The quantitative estimate of drug-likeness (QED) is 0.868. The smallest absolute Gasteiger partial charge is 0.385 e. The normalized spacial score (nSPS) is 20.2. The second-order valence-electron chi connectivity index (χ2n) is 5.60. The van der Waals surface area contributed by atoms with E-state index in [1.807, 2.05) is 6.08 Å². The van der Waals surface area contributed by atoms with Crippen LogP contribution in [0.1, 0.15) is 31.4 Å². The molecule has 10 heteroatoms. The molecule has 2 aliphatic heterocycles. The molecule has 3 heterocycles. The predicted octanol–water partition coefficient (Wildman–Crippen LogP) is 2.69. The van der Waals surface area contributed by atoms with E-state index in [0.717, 1.165) is 22.3 Å². The summed E-state index contributed by atoms with van der Waals surface area (Å²) in [5.74, 6) is -0.342. The minimum Gasteiger partial charge on any atom is -0.385 e. The lowest BCUT2D eigenvalue weighted by molar-refractivity contribution is -0.147. The first kappa shape index (κ1) is 16.9. The number of fused-ring (bicyclic) bond motifs is 1. The Labute approximate surface area is 141 Å². The third-order valence-corrected chi connectivity index (χ3v) is 4.91. The summed E-state index contributed by atoms with van der Waals surface area (Å²) in [6.07, 6.45) is -0.759. The molecule has 6 nitrogen and oxygen atoms in total. The maximum absolute atomic E-state index is 12.9. The van der Waals surface area contributed by atoms with Crippen LogP contribution in [-0.4, -0.2) is 31.3 Å². The van der Waals surface area contributed by atoms with Crippen LogP contribution in [0.3, 0.4) is 0 Å². The number of halogens is 3. The molecular weight excluding hydrogens is 341 g/mol. The van der Waals surface area contributed by atoms with Crippen LogP contribution in [-0.2, 0) is 19.3 Å². The van der Waals surface area contributed by atoms with Crippen molar-refractivity contribution in [3.63, 3.8) is 0 Å². The number of hydrogen-bond acceptors (Lipinski definition) is 6. The standard InChI is InChI=1S/C14H17F3N6S/c1-2-3-8-6-9(12(19)24-8)11(18)22-4-5-23-10(7-22)20-21-13(23)14(15,16)17/h6,19H,2-5,7,18H2,1H3/b11-9+,19-12?. The highest BCUT2D eigenvalue weighted by Crippen LogP contribution is 2.36. The van der Waals surface area contributed by atoms with Gasteiger partial charge in [-0.05, 0) is 17.4 Å². The van der Waals surface area contributed by atoms with Crippen molar-refractivity contribution >= 4 is 16.8 Å². The molecule has 0 saturated carbocycles. The third kappa shape index (κ3) is 3.02. The van der Waals surface area contributed by atoms with E-state index >= 15 is 0 Å². The topological polar surface area (TPSA) is 83.8 Å². The van der Waals surface area contributed by atoms with Crippen LogP contribution in [0.4, 0.5) is 13.2 Å². The molecule has 0 amide bonds. The third-order valence-electron chi connectivity index (χ3n) is 3.90. The summed E-state index contributed by atoms with van der Waals surface area (Å²) in [7, 11) is 0. The van der Waals surface area contributed by atoms with Crippen molar-refractivity contribution in [1.82, 2.24) is 19.7 Å². The van der Waals surface area contributed by atoms with Crippen molar-refractivity contribution in [2.24, 2.45) is 5.73 Å². The summed E-state index contributed by atoms with van der Waals surface area (Å²) in [5, 5.41) is 15.3. The minimum atomic E-state index is -4.51. The Bertz CT molecular complexity index is 733. The minimum absolute atomic E-state index is 0.108. The number of rotatable bonds is 3. The highest BCUT2D eigenvalue weighted by Gasteiger charge is 2.39. The zero-order valence-corrected chi connectivity index (χ0v) is 13.8. The van der Waals surface area contributed by atoms with Crippen molar-refractivity contribution in [3.05, 3.63) is 34.0 Å². The number of allylic oxidation sites excluding steroid dienone is 2. The molecule has 0 unspecified atom stereocenters. The van der Waals surface area contributed by atoms with Crippen LogP contribution in [0.2, 0.25) is 0 Å². The lowest BCUT2D eigenvalue weighted by Gasteiger charge is -2.30. The number of hydrogen-bond donors (Lipinski definition) is 2. The first-order valence-corrected chi connectivity index (χ1v) is 8.34. The molecule has 130 valence electrons. The summed E-state index contributed by atoms with van der Waals surface area (Å²) in [6, 6.07) is 0. The molecule has 0 atom stereocenters. The molecule has 3 rings (SSSR count). The molecular formula is C14H17F3N6S.